The summed E-state index contributed by atoms with van der Waals surface area (Å²) in [6.45, 7) is 8.36. The lowest BCUT2D eigenvalue weighted by atomic mass is 9.84. The molecule has 0 aliphatic carbocycles. The van der Waals surface area contributed by atoms with Crippen LogP contribution in [0.1, 0.15) is 72.4 Å². The van der Waals surface area contributed by atoms with E-state index in [-0.39, 0.29) is 36.1 Å². The number of nitrogens with zero attached hydrogens (tertiary/aromatic N) is 3. The largest absolute Gasteiger partial charge is 0.457 e. The zero-order valence-corrected chi connectivity index (χ0v) is 27.7. The number of carbonyl (C=O) groups is 4. The van der Waals surface area contributed by atoms with Crippen molar-refractivity contribution in [1.29, 1.82) is 0 Å². The number of hydrogen-bond donors (Lipinski definition) is 1. The molecule has 2 unspecified atom stereocenters. The lowest BCUT2D eigenvalue weighted by molar-refractivity contribution is -0.139. The topological polar surface area (TPSA) is 99.3 Å². The van der Waals surface area contributed by atoms with E-state index in [4.69, 9.17) is 4.74 Å². The van der Waals surface area contributed by atoms with Crippen LogP contribution >= 0.6 is 0 Å². The van der Waals surface area contributed by atoms with Crippen molar-refractivity contribution in [3.8, 4) is 0 Å². The molecule has 1 spiro atoms. The number of aryl methyl sites for hydroxylation is 1. The Morgan fingerprint density at radius 1 is 0.979 bits per heavy atom. The van der Waals surface area contributed by atoms with Crippen molar-refractivity contribution in [3.63, 3.8) is 0 Å². The number of anilines is 1. The van der Waals surface area contributed by atoms with Crippen LogP contribution in [-0.2, 0) is 27.4 Å². The van der Waals surface area contributed by atoms with Gasteiger partial charge >= 0.3 is 5.97 Å². The Morgan fingerprint density at radius 2 is 1.64 bits per heavy atom. The van der Waals surface area contributed by atoms with Gasteiger partial charge in [0.2, 0.25) is 11.8 Å². The number of nitrogens with one attached hydrogen (secondary N) is 1. The quantitative estimate of drug-likeness (QED) is 0.323. The summed E-state index contributed by atoms with van der Waals surface area (Å²) in [5, 5.41) is 2.78. The Hall–Kier alpha value is -4.73. The molecule has 3 aromatic rings. The van der Waals surface area contributed by atoms with Gasteiger partial charge in [-0.25, -0.2) is 9.18 Å². The number of ether oxygens (including phenoxy) is 1. The Kier molecular flexibility index (Phi) is 9.98. The van der Waals surface area contributed by atoms with Crippen molar-refractivity contribution in [1.82, 2.24) is 15.1 Å². The Labute approximate surface area is 275 Å². The minimum atomic E-state index is -0.874. The molecule has 5 rings (SSSR count). The van der Waals surface area contributed by atoms with Gasteiger partial charge in [-0.05, 0) is 79.6 Å². The number of likely N-dealkylation sites (N-methyl/N-ethyl adjacent to an activating group) is 1. The monoisotopic (exact) mass is 642 g/mol. The number of hydrogen-bond acceptors (Lipinski definition) is 6. The fraction of sp³-hybridized carbons (Fsp3) is 0.405. The molecule has 2 saturated heterocycles. The van der Waals surface area contributed by atoms with Crippen LogP contribution in [0.25, 0.3) is 0 Å². The normalized spacial score (nSPS) is 18.1. The predicted octanol–water partition coefficient (Wildman–Crippen LogP) is 5.19. The Balaban J connectivity index is 1.28. The summed E-state index contributed by atoms with van der Waals surface area (Å²) in [5.41, 5.74) is 1.97. The molecule has 3 amide bonds. The number of likely N-dealkylation sites (tertiary alicyclic amines) is 1. The number of halogens is 1. The predicted molar refractivity (Wildman–Crippen MR) is 177 cm³/mol. The SMILES string of the molecule is CCc1ccc(F)c(C(=O)NC(C(=O)N2CCC3(CC2)C(=O)N(C)C(C)N3c2ccc(C(=O)OCc3ccccc3)cc2)C(C)C)c1. The molecule has 9 nitrogen and oxygen atoms in total. The number of benzene rings is 3. The summed E-state index contributed by atoms with van der Waals surface area (Å²) >= 11 is 0. The second-order valence-corrected chi connectivity index (χ2v) is 12.7. The van der Waals surface area contributed by atoms with E-state index < -0.39 is 29.3 Å². The van der Waals surface area contributed by atoms with E-state index in [1.165, 1.54) is 12.1 Å². The highest BCUT2D eigenvalue weighted by Gasteiger charge is 2.56. The molecule has 1 N–H and O–H groups in total. The molecular weight excluding hydrogens is 599 g/mol. The van der Waals surface area contributed by atoms with Crippen LogP contribution in [0.4, 0.5) is 10.1 Å². The lowest BCUT2D eigenvalue weighted by Crippen LogP contribution is -2.60. The van der Waals surface area contributed by atoms with Gasteiger partial charge in [-0.15, -0.1) is 0 Å². The molecule has 0 bridgehead atoms. The second kappa shape index (κ2) is 13.9. The molecule has 248 valence electrons. The average Bonchev–Trinajstić information content (AvgIpc) is 3.26. The van der Waals surface area contributed by atoms with Gasteiger partial charge in [-0.3, -0.25) is 14.4 Å². The molecule has 2 atom stereocenters. The Morgan fingerprint density at radius 3 is 2.26 bits per heavy atom. The van der Waals surface area contributed by atoms with E-state index in [9.17, 15) is 23.6 Å². The zero-order valence-electron chi connectivity index (χ0n) is 27.7. The molecule has 0 radical (unpaired) electrons. The van der Waals surface area contributed by atoms with Crippen LogP contribution in [0.3, 0.4) is 0 Å². The van der Waals surface area contributed by atoms with Crippen LogP contribution < -0.4 is 10.2 Å². The number of amides is 3. The van der Waals surface area contributed by atoms with Crippen LogP contribution in [0.5, 0.6) is 0 Å². The standard InChI is InChI=1S/C37H43FN4O5/c1-6-26-12-17-31(38)30(22-26)33(43)39-32(24(2)3)34(44)41-20-18-37(19-21-41)36(46)40(5)25(4)42(37)29-15-13-28(14-16-29)35(45)47-23-27-10-8-7-9-11-27/h7-17,22,24-25,32H,6,18-21,23H2,1-5H3,(H,39,43). The van der Waals surface area contributed by atoms with Gasteiger partial charge in [-0.2, -0.15) is 0 Å². The highest BCUT2D eigenvalue weighted by Crippen LogP contribution is 2.42. The maximum atomic E-state index is 14.6. The summed E-state index contributed by atoms with van der Waals surface area (Å²) < 4.78 is 20.0. The fourth-order valence-corrected chi connectivity index (χ4v) is 6.61. The molecule has 2 fully saturated rings. The minimum Gasteiger partial charge on any atom is -0.457 e. The smallest absolute Gasteiger partial charge is 0.338 e. The molecule has 0 aromatic heterocycles. The second-order valence-electron chi connectivity index (χ2n) is 12.7. The van der Waals surface area contributed by atoms with Crippen molar-refractivity contribution in [2.24, 2.45) is 5.92 Å². The van der Waals surface area contributed by atoms with Crippen molar-refractivity contribution in [2.75, 3.05) is 25.0 Å². The number of piperidine rings is 1. The summed E-state index contributed by atoms with van der Waals surface area (Å²) in [6, 6.07) is 20.1. The minimum absolute atomic E-state index is 0.0246. The number of rotatable bonds is 9. The van der Waals surface area contributed by atoms with E-state index in [0.717, 1.165) is 16.8 Å². The first kappa shape index (κ1) is 33.6. The van der Waals surface area contributed by atoms with Gasteiger partial charge in [-0.1, -0.05) is 57.2 Å². The van der Waals surface area contributed by atoms with Crippen molar-refractivity contribution >= 4 is 29.4 Å². The maximum absolute atomic E-state index is 14.6. The molecule has 10 heteroatoms. The van der Waals surface area contributed by atoms with E-state index in [1.54, 1.807) is 35.0 Å². The molecular formula is C37H43FN4O5. The van der Waals surface area contributed by atoms with Gasteiger partial charge in [0.05, 0.1) is 11.1 Å². The fourth-order valence-electron chi connectivity index (χ4n) is 6.61. The van der Waals surface area contributed by atoms with E-state index in [0.29, 0.717) is 37.9 Å². The highest BCUT2D eigenvalue weighted by molar-refractivity contribution is 5.98. The molecule has 0 saturated carbocycles. The van der Waals surface area contributed by atoms with Gasteiger partial charge in [0.1, 0.15) is 30.2 Å². The average molecular weight is 643 g/mol. The van der Waals surface area contributed by atoms with Crippen molar-refractivity contribution in [2.45, 2.75) is 71.3 Å². The van der Waals surface area contributed by atoms with E-state index in [2.05, 4.69) is 10.2 Å². The summed E-state index contributed by atoms with van der Waals surface area (Å²) in [6.07, 6.45) is 1.17. The van der Waals surface area contributed by atoms with Crippen LogP contribution in [0.2, 0.25) is 0 Å². The zero-order chi connectivity index (χ0) is 33.9. The summed E-state index contributed by atoms with van der Waals surface area (Å²) in [7, 11) is 1.78. The lowest BCUT2D eigenvalue weighted by Gasteiger charge is -2.45. The number of esters is 1. The van der Waals surface area contributed by atoms with Crippen LogP contribution in [0, 0.1) is 11.7 Å². The third-order valence-corrected chi connectivity index (χ3v) is 9.51. The molecule has 3 aromatic carbocycles. The van der Waals surface area contributed by atoms with Crippen molar-refractivity contribution in [3.05, 3.63) is 101 Å². The molecule has 2 aliphatic rings. The van der Waals surface area contributed by atoms with Crippen molar-refractivity contribution < 1.29 is 28.3 Å². The maximum Gasteiger partial charge on any atom is 0.338 e. The van der Waals surface area contributed by atoms with Gasteiger partial charge in [0.15, 0.2) is 0 Å². The molecule has 47 heavy (non-hydrogen) atoms. The van der Waals surface area contributed by atoms with E-state index >= 15 is 0 Å². The van der Waals surface area contributed by atoms with Crippen LogP contribution in [0.15, 0.2) is 72.8 Å². The summed E-state index contributed by atoms with van der Waals surface area (Å²) in [4.78, 5) is 58.9. The first-order valence-corrected chi connectivity index (χ1v) is 16.2. The van der Waals surface area contributed by atoms with Gasteiger partial charge < -0.3 is 24.8 Å². The highest BCUT2D eigenvalue weighted by atomic mass is 19.1. The first-order chi connectivity index (χ1) is 22.5. The molecule has 2 aliphatic heterocycles. The first-order valence-electron chi connectivity index (χ1n) is 16.2. The third-order valence-electron chi connectivity index (χ3n) is 9.51. The Bertz CT molecular complexity index is 1620. The summed E-state index contributed by atoms with van der Waals surface area (Å²) in [5.74, 6) is -2.22. The van der Waals surface area contributed by atoms with E-state index in [1.807, 2.05) is 70.2 Å². The third kappa shape index (κ3) is 6.73. The van der Waals surface area contributed by atoms with Crippen LogP contribution in [-0.4, -0.2) is 71.4 Å². The molecule has 2 heterocycles. The van der Waals surface area contributed by atoms with Gasteiger partial charge in [0, 0.05) is 25.8 Å². The number of carbonyl (C=O) groups excluding carboxylic acids is 4. The van der Waals surface area contributed by atoms with Gasteiger partial charge in [0.25, 0.3) is 5.91 Å².